The third-order valence-corrected chi connectivity index (χ3v) is 7.15. The van der Waals surface area contributed by atoms with Crippen LogP contribution in [0.25, 0.3) is 10.4 Å². The first kappa shape index (κ1) is 19.0. The molecule has 1 aliphatic carbocycles. The average molecular weight is 421 g/mol. The maximum Gasteiger partial charge on any atom is 0.179 e. The normalized spacial score (nSPS) is 22.3. The van der Waals surface area contributed by atoms with Gasteiger partial charge in [-0.1, -0.05) is 12.1 Å². The van der Waals surface area contributed by atoms with Crippen molar-refractivity contribution in [3.8, 4) is 28.1 Å². The largest absolute Gasteiger partial charge is 0.457 e. The van der Waals surface area contributed by atoms with Crippen LogP contribution < -0.4 is 10.1 Å². The van der Waals surface area contributed by atoms with Crippen molar-refractivity contribution in [3.05, 3.63) is 65.6 Å². The number of nitrogens with zero attached hydrogens (tertiary/aromatic N) is 3. The first-order valence-corrected chi connectivity index (χ1v) is 10.8. The zero-order valence-electron chi connectivity index (χ0n) is 16.3. The summed E-state index contributed by atoms with van der Waals surface area (Å²) >= 11 is 1.63. The summed E-state index contributed by atoms with van der Waals surface area (Å²) in [6.07, 6.45) is 6.46. The molecule has 2 aromatic carbocycles. The summed E-state index contributed by atoms with van der Waals surface area (Å²) in [5.74, 6) is 1.57. The van der Waals surface area contributed by atoms with E-state index in [0.29, 0.717) is 24.0 Å². The van der Waals surface area contributed by atoms with E-state index in [1.54, 1.807) is 23.5 Å². The van der Waals surface area contributed by atoms with Gasteiger partial charge in [-0.15, -0.1) is 11.3 Å². The van der Waals surface area contributed by atoms with Crippen molar-refractivity contribution in [2.75, 3.05) is 13.1 Å². The molecule has 1 unspecified atom stereocenters. The smallest absolute Gasteiger partial charge is 0.179 e. The Labute approximate surface area is 178 Å². The number of para-hydroxylation sites is 1. The fraction of sp³-hybridized carbons (Fsp3) is 0.304. The maximum atomic E-state index is 13.2. The van der Waals surface area contributed by atoms with E-state index in [1.807, 2.05) is 35.4 Å². The highest BCUT2D eigenvalue weighted by atomic mass is 32.1. The van der Waals surface area contributed by atoms with Crippen molar-refractivity contribution in [3.63, 3.8) is 0 Å². The Morgan fingerprint density at radius 1 is 1.27 bits per heavy atom. The Hall–Kier alpha value is -2.95. The molecular weight excluding hydrogens is 399 g/mol. The van der Waals surface area contributed by atoms with Crippen LogP contribution in [0.4, 0.5) is 4.39 Å². The van der Waals surface area contributed by atoms with Crippen LogP contribution in [0.3, 0.4) is 0 Å². The molecule has 2 fully saturated rings. The molecule has 0 spiro atoms. The molecule has 1 aliphatic heterocycles. The molecule has 7 heteroatoms. The minimum absolute atomic E-state index is 0.0607. The molecule has 1 saturated heterocycles. The average Bonchev–Trinajstić information content (AvgIpc) is 3.32. The fourth-order valence-corrected chi connectivity index (χ4v) is 5.25. The number of likely N-dealkylation sites (tertiary alicyclic amines) is 1. The number of nitrogens with one attached hydrogen (secondary N) is 1. The summed E-state index contributed by atoms with van der Waals surface area (Å²) in [5, 5.41) is 13.9. The summed E-state index contributed by atoms with van der Waals surface area (Å²) in [5.41, 5.74) is 1.02. The van der Waals surface area contributed by atoms with Crippen LogP contribution in [0, 0.1) is 23.2 Å². The molecule has 1 saturated carbocycles. The molecule has 5 rings (SSSR count). The minimum atomic E-state index is -0.288. The van der Waals surface area contributed by atoms with Gasteiger partial charge in [0.15, 0.2) is 6.19 Å². The van der Waals surface area contributed by atoms with Crippen molar-refractivity contribution in [2.24, 2.45) is 5.92 Å². The highest BCUT2D eigenvalue weighted by Gasteiger charge is 2.52. The first-order chi connectivity index (χ1) is 14.6. The second kappa shape index (κ2) is 7.71. The summed E-state index contributed by atoms with van der Waals surface area (Å²) < 4.78 is 19.2. The van der Waals surface area contributed by atoms with Gasteiger partial charge in [0.1, 0.15) is 22.3 Å². The van der Waals surface area contributed by atoms with Crippen LogP contribution in [-0.4, -0.2) is 28.5 Å². The second-order valence-corrected chi connectivity index (χ2v) is 9.01. The van der Waals surface area contributed by atoms with Gasteiger partial charge < -0.3 is 15.0 Å². The van der Waals surface area contributed by atoms with Gasteiger partial charge in [-0.3, -0.25) is 0 Å². The number of halogens is 1. The SMILES string of the molecule is N#CN1CC2CC[C@]2(NCc2ncc(-c3ccccc3Oc3ccc(F)cc3)s2)C1. The van der Waals surface area contributed by atoms with E-state index in [4.69, 9.17) is 4.74 Å². The Kier molecular flexibility index (Phi) is 4.89. The van der Waals surface area contributed by atoms with E-state index in [2.05, 4.69) is 16.5 Å². The van der Waals surface area contributed by atoms with Gasteiger partial charge in [0.2, 0.25) is 0 Å². The number of rotatable bonds is 6. The van der Waals surface area contributed by atoms with Gasteiger partial charge in [-0.2, -0.15) is 5.26 Å². The maximum absolute atomic E-state index is 13.2. The molecular formula is C23H21FN4OS. The van der Waals surface area contributed by atoms with Crippen LogP contribution in [0.15, 0.2) is 54.7 Å². The lowest BCUT2D eigenvalue weighted by Gasteiger charge is -2.44. The van der Waals surface area contributed by atoms with Crippen LogP contribution in [-0.2, 0) is 6.54 Å². The second-order valence-electron chi connectivity index (χ2n) is 7.90. The molecule has 152 valence electrons. The lowest BCUT2D eigenvalue weighted by Crippen LogP contribution is -2.57. The first-order valence-electron chi connectivity index (χ1n) is 10.0. The van der Waals surface area contributed by atoms with E-state index in [0.717, 1.165) is 35.0 Å². The Bertz CT molecular complexity index is 1090. The molecule has 2 aliphatic rings. The molecule has 0 bridgehead atoms. The number of hydrogen-bond acceptors (Lipinski definition) is 6. The number of nitriles is 1. The van der Waals surface area contributed by atoms with Gasteiger partial charge in [0.05, 0.1) is 4.88 Å². The number of hydrogen-bond donors (Lipinski definition) is 1. The number of fused-ring (bicyclic) bond motifs is 1. The number of aromatic nitrogens is 1. The topological polar surface area (TPSA) is 61.2 Å². The predicted octanol–water partition coefficient (Wildman–Crippen LogP) is 4.78. The van der Waals surface area contributed by atoms with Gasteiger partial charge >= 0.3 is 0 Å². The van der Waals surface area contributed by atoms with Crippen molar-refractivity contribution >= 4 is 11.3 Å². The summed E-state index contributed by atoms with van der Waals surface area (Å²) in [6.45, 7) is 2.35. The Balaban J connectivity index is 1.30. The summed E-state index contributed by atoms with van der Waals surface area (Å²) in [6, 6.07) is 13.8. The van der Waals surface area contributed by atoms with E-state index in [-0.39, 0.29) is 11.4 Å². The van der Waals surface area contributed by atoms with Crippen LogP contribution in [0.2, 0.25) is 0 Å². The van der Waals surface area contributed by atoms with Crippen molar-refractivity contribution in [1.82, 2.24) is 15.2 Å². The number of ether oxygens (including phenoxy) is 1. The molecule has 2 atom stereocenters. The van der Waals surface area contributed by atoms with Crippen molar-refractivity contribution in [1.29, 1.82) is 5.26 Å². The van der Waals surface area contributed by atoms with E-state index < -0.39 is 0 Å². The minimum Gasteiger partial charge on any atom is -0.457 e. The molecule has 30 heavy (non-hydrogen) atoms. The molecule has 3 aromatic rings. The van der Waals surface area contributed by atoms with Crippen LogP contribution in [0.1, 0.15) is 17.8 Å². The monoisotopic (exact) mass is 420 g/mol. The van der Waals surface area contributed by atoms with Crippen LogP contribution in [0.5, 0.6) is 11.5 Å². The standard InChI is InChI=1S/C23H21FN4OS/c24-17-5-7-18(8-6-17)29-20-4-2-1-3-19(20)21-11-26-22(30-21)12-27-23-10-9-16(23)13-28(14-23)15-25/h1-8,11,16,27H,9-10,12-14H2/t16?,23-/m0/s1. The number of thiazole rings is 1. The Morgan fingerprint density at radius 2 is 2.10 bits per heavy atom. The van der Waals surface area contributed by atoms with E-state index >= 15 is 0 Å². The Morgan fingerprint density at radius 3 is 2.87 bits per heavy atom. The van der Waals surface area contributed by atoms with Gasteiger partial charge in [-0.05, 0) is 55.2 Å². The third-order valence-electron chi connectivity index (χ3n) is 6.11. The quantitative estimate of drug-likeness (QED) is 0.582. The summed E-state index contributed by atoms with van der Waals surface area (Å²) in [4.78, 5) is 7.49. The van der Waals surface area contributed by atoms with E-state index in [9.17, 15) is 9.65 Å². The zero-order chi connectivity index (χ0) is 20.6. The third kappa shape index (κ3) is 3.53. The lowest BCUT2D eigenvalue weighted by molar-refractivity contribution is 0.133. The van der Waals surface area contributed by atoms with Gasteiger partial charge in [0.25, 0.3) is 0 Å². The molecule has 1 N–H and O–H groups in total. The van der Waals surface area contributed by atoms with Crippen LogP contribution >= 0.6 is 11.3 Å². The molecule has 0 amide bonds. The van der Waals surface area contributed by atoms with Gasteiger partial charge in [-0.25, -0.2) is 9.37 Å². The lowest BCUT2D eigenvalue weighted by atomic mass is 9.69. The molecule has 0 radical (unpaired) electrons. The highest BCUT2D eigenvalue weighted by Crippen LogP contribution is 2.44. The molecule has 2 heterocycles. The summed E-state index contributed by atoms with van der Waals surface area (Å²) in [7, 11) is 0. The number of benzene rings is 2. The fourth-order valence-electron chi connectivity index (χ4n) is 4.36. The van der Waals surface area contributed by atoms with Gasteiger partial charge in [0, 0.05) is 36.9 Å². The predicted molar refractivity (Wildman–Crippen MR) is 114 cm³/mol. The molecule has 5 nitrogen and oxygen atoms in total. The molecule has 1 aromatic heterocycles. The van der Waals surface area contributed by atoms with E-state index in [1.165, 1.54) is 18.6 Å². The van der Waals surface area contributed by atoms with Crippen molar-refractivity contribution < 1.29 is 9.13 Å². The zero-order valence-corrected chi connectivity index (χ0v) is 17.2. The van der Waals surface area contributed by atoms with Crippen molar-refractivity contribution in [2.45, 2.75) is 24.9 Å². The highest BCUT2D eigenvalue weighted by molar-refractivity contribution is 7.15.